The van der Waals surface area contributed by atoms with E-state index in [0.29, 0.717) is 5.69 Å². The summed E-state index contributed by atoms with van der Waals surface area (Å²) >= 11 is 0. The molecule has 1 aromatic carbocycles. The van der Waals surface area contributed by atoms with E-state index < -0.39 is 29.5 Å². The molecule has 1 heterocycles. The molecular formula is C13H18N2O5. The molecule has 1 aliphatic heterocycles. The summed E-state index contributed by atoms with van der Waals surface area (Å²) in [4.78, 5) is 10.2. The molecule has 3 N–H and O–H groups in total. The molecular weight excluding hydrogens is 264 g/mol. The predicted molar refractivity (Wildman–Crippen MR) is 72.4 cm³/mol. The Bertz CT molecular complexity index is 496. The number of aryl methyl sites for hydroxylation is 1. The number of aliphatic hydroxyl groups excluding tert-OH is 2. The molecule has 7 heteroatoms. The molecule has 20 heavy (non-hydrogen) atoms. The van der Waals surface area contributed by atoms with Gasteiger partial charge in [0.05, 0.1) is 17.1 Å². The Morgan fingerprint density at radius 2 is 2.15 bits per heavy atom. The van der Waals surface area contributed by atoms with Gasteiger partial charge in [0.25, 0.3) is 5.69 Å². The quantitative estimate of drug-likeness (QED) is 0.568. The summed E-state index contributed by atoms with van der Waals surface area (Å²) in [6.45, 7) is 3.44. The Morgan fingerprint density at radius 3 is 2.70 bits per heavy atom. The van der Waals surface area contributed by atoms with Gasteiger partial charge in [-0.2, -0.15) is 0 Å². The molecule has 1 saturated heterocycles. The van der Waals surface area contributed by atoms with Gasteiger partial charge in [-0.05, 0) is 25.5 Å². The summed E-state index contributed by atoms with van der Waals surface area (Å²) in [6.07, 6.45) is -2.42. The van der Waals surface area contributed by atoms with Crippen LogP contribution in [0, 0.1) is 17.0 Å². The van der Waals surface area contributed by atoms with E-state index >= 15 is 0 Å². The number of hydrogen-bond acceptors (Lipinski definition) is 6. The van der Waals surface area contributed by atoms with Crippen LogP contribution >= 0.6 is 0 Å². The lowest BCUT2D eigenvalue weighted by Crippen LogP contribution is -2.49. The smallest absolute Gasteiger partial charge is 0.269 e. The lowest BCUT2D eigenvalue weighted by atomic mass is 10.0. The lowest BCUT2D eigenvalue weighted by molar-refractivity contribution is -0.384. The van der Waals surface area contributed by atoms with Crippen LogP contribution in [0.2, 0.25) is 0 Å². The SMILES string of the molecule is Cc1cc([N+](=O)[O-])ccc1N[C@H]1C[C@@H](O)[C@H](O)[C@H](C)O1. The third-order valence-electron chi connectivity index (χ3n) is 3.45. The Labute approximate surface area is 116 Å². The summed E-state index contributed by atoms with van der Waals surface area (Å²) in [6, 6.07) is 4.49. The number of ether oxygens (including phenoxy) is 1. The monoisotopic (exact) mass is 282 g/mol. The summed E-state index contributed by atoms with van der Waals surface area (Å²) in [7, 11) is 0. The summed E-state index contributed by atoms with van der Waals surface area (Å²) in [5.74, 6) is 0. The first kappa shape index (κ1) is 14.7. The first-order valence-electron chi connectivity index (χ1n) is 6.41. The Balaban J connectivity index is 2.09. The highest BCUT2D eigenvalue weighted by molar-refractivity contribution is 5.55. The van der Waals surface area contributed by atoms with Crippen molar-refractivity contribution >= 4 is 11.4 Å². The molecule has 0 unspecified atom stereocenters. The molecule has 2 rings (SSSR count). The molecule has 0 radical (unpaired) electrons. The highest BCUT2D eigenvalue weighted by atomic mass is 16.6. The van der Waals surface area contributed by atoms with Gasteiger partial charge in [0.15, 0.2) is 0 Å². The van der Waals surface area contributed by atoms with Crippen LogP contribution in [0.1, 0.15) is 18.9 Å². The van der Waals surface area contributed by atoms with Crippen molar-refractivity contribution < 1.29 is 19.9 Å². The Morgan fingerprint density at radius 1 is 1.45 bits per heavy atom. The molecule has 0 saturated carbocycles. The van der Waals surface area contributed by atoms with Crippen LogP contribution in [0.25, 0.3) is 0 Å². The number of aliphatic hydroxyl groups is 2. The van der Waals surface area contributed by atoms with Crippen LogP contribution in [0.5, 0.6) is 0 Å². The second kappa shape index (κ2) is 5.74. The van der Waals surface area contributed by atoms with E-state index in [-0.39, 0.29) is 12.1 Å². The molecule has 0 spiro atoms. The molecule has 0 aromatic heterocycles. The number of nitro benzene ring substituents is 1. The van der Waals surface area contributed by atoms with Gasteiger partial charge in [-0.15, -0.1) is 0 Å². The molecule has 4 atom stereocenters. The first-order chi connectivity index (χ1) is 9.38. The number of benzene rings is 1. The van der Waals surface area contributed by atoms with Crippen LogP contribution < -0.4 is 5.32 Å². The summed E-state index contributed by atoms with van der Waals surface area (Å²) < 4.78 is 5.55. The van der Waals surface area contributed by atoms with Gasteiger partial charge in [0.1, 0.15) is 12.3 Å². The van der Waals surface area contributed by atoms with E-state index in [2.05, 4.69) is 5.32 Å². The third-order valence-corrected chi connectivity index (χ3v) is 3.45. The minimum absolute atomic E-state index is 0.0291. The van der Waals surface area contributed by atoms with E-state index in [9.17, 15) is 20.3 Å². The second-order valence-corrected chi connectivity index (χ2v) is 5.02. The number of nitrogens with one attached hydrogen (secondary N) is 1. The number of non-ortho nitro benzene ring substituents is 1. The standard InChI is InChI=1S/C13H18N2O5/c1-7-5-9(15(18)19)3-4-10(7)14-12-6-11(16)13(17)8(2)20-12/h3-5,8,11-14,16-17H,6H2,1-2H3/t8-,11+,12+,13+/m0/s1. The normalized spacial score (nSPS) is 30.0. The van der Waals surface area contributed by atoms with Crippen LogP contribution in [0.3, 0.4) is 0 Å². The average Bonchev–Trinajstić information content (AvgIpc) is 2.38. The lowest BCUT2D eigenvalue weighted by Gasteiger charge is -2.36. The van der Waals surface area contributed by atoms with Crippen molar-refractivity contribution in [3.63, 3.8) is 0 Å². The Hall–Kier alpha value is -1.70. The number of nitro groups is 1. The molecule has 0 bridgehead atoms. The zero-order valence-electron chi connectivity index (χ0n) is 11.3. The van der Waals surface area contributed by atoms with Gasteiger partial charge < -0.3 is 20.3 Å². The van der Waals surface area contributed by atoms with Crippen molar-refractivity contribution in [1.82, 2.24) is 0 Å². The van der Waals surface area contributed by atoms with E-state index in [1.165, 1.54) is 12.1 Å². The van der Waals surface area contributed by atoms with E-state index in [1.54, 1.807) is 19.9 Å². The molecule has 1 fully saturated rings. The highest BCUT2D eigenvalue weighted by Crippen LogP contribution is 2.25. The largest absolute Gasteiger partial charge is 0.390 e. The zero-order valence-corrected chi connectivity index (χ0v) is 11.3. The molecule has 0 aliphatic carbocycles. The molecule has 110 valence electrons. The van der Waals surface area contributed by atoms with E-state index in [1.807, 2.05) is 0 Å². The van der Waals surface area contributed by atoms with Crippen LogP contribution in [0.4, 0.5) is 11.4 Å². The number of rotatable bonds is 3. The highest BCUT2D eigenvalue weighted by Gasteiger charge is 2.34. The van der Waals surface area contributed by atoms with Crippen molar-refractivity contribution in [3.05, 3.63) is 33.9 Å². The van der Waals surface area contributed by atoms with Crippen molar-refractivity contribution in [1.29, 1.82) is 0 Å². The number of nitrogens with zero attached hydrogens (tertiary/aromatic N) is 1. The summed E-state index contributed by atoms with van der Waals surface area (Å²) in [5.41, 5.74) is 1.45. The van der Waals surface area contributed by atoms with Crippen LogP contribution in [-0.2, 0) is 4.74 Å². The van der Waals surface area contributed by atoms with Crippen molar-refractivity contribution in [2.75, 3.05) is 5.32 Å². The molecule has 1 aliphatic rings. The van der Waals surface area contributed by atoms with Crippen LogP contribution in [0.15, 0.2) is 18.2 Å². The summed E-state index contributed by atoms with van der Waals surface area (Å²) in [5, 5.41) is 33.1. The second-order valence-electron chi connectivity index (χ2n) is 5.02. The average molecular weight is 282 g/mol. The van der Waals surface area contributed by atoms with Gasteiger partial charge in [0, 0.05) is 24.2 Å². The molecule has 1 aromatic rings. The Kier molecular flexibility index (Phi) is 4.22. The minimum atomic E-state index is -0.897. The van der Waals surface area contributed by atoms with E-state index in [0.717, 1.165) is 5.56 Å². The van der Waals surface area contributed by atoms with Crippen molar-refractivity contribution in [3.8, 4) is 0 Å². The van der Waals surface area contributed by atoms with Gasteiger partial charge in [-0.3, -0.25) is 10.1 Å². The molecule has 7 nitrogen and oxygen atoms in total. The molecule has 0 amide bonds. The number of anilines is 1. The number of hydrogen-bond donors (Lipinski definition) is 3. The predicted octanol–water partition coefficient (Wildman–Crippen LogP) is 1.17. The fourth-order valence-electron chi connectivity index (χ4n) is 2.26. The maximum atomic E-state index is 10.7. The zero-order chi connectivity index (χ0) is 14.9. The first-order valence-corrected chi connectivity index (χ1v) is 6.41. The van der Waals surface area contributed by atoms with Crippen molar-refractivity contribution in [2.45, 2.75) is 44.8 Å². The fraction of sp³-hybridized carbons (Fsp3) is 0.538. The van der Waals surface area contributed by atoms with Gasteiger partial charge >= 0.3 is 0 Å². The third kappa shape index (κ3) is 3.06. The minimum Gasteiger partial charge on any atom is -0.390 e. The van der Waals surface area contributed by atoms with Gasteiger partial charge in [-0.25, -0.2) is 0 Å². The van der Waals surface area contributed by atoms with Gasteiger partial charge in [-0.1, -0.05) is 0 Å². The topological polar surface area (TPSA) is 105 Å². The van der Waals surface area contributed by atoms with Crippen molar-refractivity contribution in [2.24, 2.45) is 0 Å². The maximum absolute atomic E-state index is 10.7. The van der Waals surface area contributed by atoms with Gasteiger partial charge in [0.2, 0.25) is 0 Å². The van der Waals surface area contributed by atoms with E-state index in [4.69, 9.17) is 4.74 Å². The van der Waals surface area contributed by atoms with Crippen LogP contribution in [-0.4, -0.2) is 39.7 Å². The fourth-order valence-corrected chi connectivity index (χ4v) is 2.26. The maximum Gasteiger partial charge on any atom is 0.269 e.